The van der Waals surface area contributed by atoms with Crippen LogP contribution in [0.2, 0.25) is 0 Å². The number of nitrogens with one attached hydrogen (secondary N) is 3. The first-order valence-corrected chi connectivity index (χ1v) is 9.42. The van der Waals surface area contributed by atoms with E-state index in [2.05, 4.69) is 41.3 Å². The lowest BCUT2D eigenvalue weighted by Gasteiger charge is -2.14. The Bertz CT molecular complexity index is 877. The van der Waals surface area contributed by atoms with Crippen molar-refractivity contribution >= 4 is 56.7 Å². The molecule has 3 aromatic rings. The molecule has 8 heteroatoms. The maximum atomic E-state index is 9.87. The first-order valence-electron chi connectivity index (χ1n) is 7.40. The summed E-state index contributed by atoms with van der Waals surface area (Å²) in [6.07, 6.45) is 3.62. The molecule has 0 unspecified atom stereocenters. The Morgan fingerprint density at radius 3 is 2.36 bits per heavy atom. The van der Waals surface area contributed by atoms with Crippen molar-refractivity contribution in [2.45, 2.75) is 0 Å². The van der Waals surface area contributed by atoms with E-state index in [1.54, 1.807) is 24.4 Å². The molecule has 3 rings (SSSR count). The number of hydrogen-bond acceptors (Lipinski definition) is 7. The van der Waals surface area contributed by atoms with Gasteiger partial charge in [-0.25, -0.2) is 4.98 Å². The molecule has 4 N–H and O–H groups in total. The Morgan fingerprint density at radius 2 is 1.64 bits per heavy atom. The summed E-state index contributed by atoms with van der Waals surface area (Å²) in [5.74, 6) is 1.13. The van der Waals surface area contributed by atoms with Crippen molar-refractivity contribution in [1.29, 1.82) is 0 Å². The average Bonchev–Trinajstić information content (AvgIpc) is 2.62. The van der Waals surface area contributed by atoms with Crippen molar-refractivity contribution in [2.75, 3.05) is 21.6 Å². The van der Waals surface area contributed by atoms with E-state index in [1.807, 2.05) is 36.6 Å². The van der Waals surface area contributed by atoms with Crippen LogP contribution in [0.1, 0.15) is 0 Å². The molecule has 25 heavy (non-hydrogen) atoms. The molecule has 1 aromatic heterocycles. The predicted octanol–water partition coefficient (Wildman–Crippen LogP) is 5.12. The molecule has 1 heterocycles. The van der Waals surface area contributed by atoms with E-state index in [-0.39, 0.29) is 5.75 Å². The molecule has 6 nitrogen and oxygen atoms in total. The van der Waals surface area contributed by atoms with Crippen molar-refractivity contribution in [3.05, 3.63) is 59.2 Å². The number of phenols is 1. The highest BCUT2D eigenvalue weighted by molar-refractivity contribution is 9.10. The van der Waals surface area contributed by atoms with Crippen LogP contribution in [0.15, 0.2) is 59.2 Å². The zero-order valence-electron chi connectivity index (χ0n) is 13.3. The normalized spacial score (nSPS) is 10.3. The van der Waals surface area contributed by atoms with Crippen LogP contribution in [0.25, 0.3) is 0 Å². The highest BCUT2D eigenvalue weighted by Crippen LogP contribution is 2.31. The van der Waals surface area contributed by atoms with Crippen LogP contribution in [0, 0.1) is 0 Å². The molecule has 0 saturated heterocycles. The summed E-state index contributed by atoms with van der Waals surface area (Å²) in [7, 11) is 0. The number of anilines is 5. The number of benzene rings is 2. The van der Waals surface area contributed by atoms with E-state index in [0.717, 1.165) is 15.8 Å². The first kappa shape index (κ1) is 17.4. The number of halogens is 1. The van der Waals surface area contributed by atoms with Gasteiger partial charge < -0.3 is 20.5 Å². The molecule has 0 bridgehead atoms. The lowest BCUT2D eigenvalue weighted by Crippen LogP contribution is -2.03. The van der Waals surface area contributed by atoms with Gasteiger partial charge in [0.1, 0.15) is 11.6 Å². The third-order valence-corrected chi connectivity index (χ3v) is 4.29. The Morgan fingerprint density at radius 1 is 0.960 bits per heavy atom. The van der Waals surface area contributed by atoms with Crippen molar-refractivity contribution in [2.24, 2.45) is 0 Å². The Hall–Kier alpha value is -2.45. The van der Waals surface area contributed by atoms with E-state index in [4.69, 9.17) is 0 Å². The third kappa shape index (κ3) is 4.34. The Labute approximate surface area is 158 Å². The number of rotatable bonds is 6. The summed E-state index contributed by atoms with van der Waals surface area (Å²) in [5, 5.41) is 16.2. The minimum atomic E-state index is 0.137. The molecule has 0 spiro atoms. The number of nitrogens with zero attached hydrogens (tertiary/aromatic N) is 2. The molecule has 0 aliphatic rings. The van der Waals surface area contributed by atoms with Gasteiger partial charge >= 0.3 is 0 Å². The standard InChI is InChI=1S/C17H16BrN5OS/c1-25-23-13-7-3-2-6-12(13)20-16-11(18)10-19-17(22-16)21-14-8-4-5-9-15(14)24/h2-10,23-24H,1H3,(H2,19,20,21,22). The summed E-state index contributed by atoms with van der Waals surface area (Å²) in [4.78, 5) is 8.72. The number of para-hydroxylation sites is 4. The molecule has 0 amide bonds. The molecule has 128 valence electrons. The second kappa shape index (κ2) is 8.09. The van der Waals surface area contributed by atoms with Gasteiger partial charge in [0.05, 0.1) is 21.5 Å². The number of aromatic nitrogens is 2. The molecule has 0 atom stereocenters. The molecule has 0 fully saturated rings. The largest absolute Gasteiger partial charge is 0.506 e. The van der Waals surface area contributed by atoms with Crippen molar-refractivity contribution in [3.8, 4) is 5.75 Å². The highest BCUT2D eigenvalue weighted by atomic mass is 79.9. The van der Waals surface area contributed by atoms with E-state index in [9.17, 15) is 5.11 Å². The molecule has 0 saturated carbocycles. The lowest BCUT2D eigenvalue weighted by molar-refractivity contribution is 0.477. The van der Waals surface area contributed by atoms with Crippen molar-refractivity contribution in [1.82, 2.24) is 9.97 Å². The van der Waals surface area contributed by atoms with Crippen LogP contribution in [-0.2, 0) is 0 Å². The number of hydrogen-bond donors (Lipinski definition) is 4. The van der Waals surface area contributed by atoms with Gasteiger partial charge in [-0.2, -0.15) is 4.98 Å². The second-order valence-electron chi connectivity index (χ2n) is 5.01. The quantitative estimate of drug-likeness (QED) is 0.327. The lowest BCUT2D eigenvalue weighted by atomic mass is 10.2. The van der Waals surface area contributed by atoms with Gasteiger partial charge in [0, 0.05) is 12.5 Å². The van der Waals surface area contributed by atoms with Crippen LogP contribution >= 0.6 is 27.9 Å². The fourth-order valence-corrected chi connectivity index (χ4v) is 2.82. The smallest absolute Gasteiger partial charge is 0.229 e. The van der Waals surface area contributed by atoms with Crippen LogP contribution in [0.5, 0.6) is 5.75 Å². The van der Waals surface area contributed by atoms with Gasteiger partial charge in [0.2, 0.25) is 5.95 Å². The third-order valence-electron chi connectivity index (χ3n) is 3.29. The van der Waals surface area contributed by atoms with Crippen molar-refractivity contribution in [3.63, 3.8) is 0 Å². The molecule has 0 aliphatic carbocycles. The van der Waals surface area contributed by atoms with E-state index in [1.165, 1.54) is 11.9 Å². The van der Waals surface area contributed by atoms with Gasteiger partial charge in [-0.1, -0.05) is 36.2 Å². The zero-order chi connectivity index (χ0) is 17.6. The fourth-order valence-electron chi connectivity index (χ4n) is 2.13. The molecule has 0 radical (unpaired) electrons. The van der Waals surface area contributed by atoms with Crippen LogP contribution in [0.4, 0.5) is 28.8 Å². The van der Waals surface area contributed by atoms with E-state index >= 15 is 0 Å². The first-order chi connectivity index (χ1) is 12.2. The molecule has 0 aliphatic heterocycles. The van der Waals surface area contributed by atoms with Gasteiger partial charge in [-0.15, -0.1) is 0 Å². The van der Waals surface area contributed by atoms with E-state index in [0.29, 0.717) is 17.5 Å². The van der Waals surface area contributed by atoms with Gasteiger partial charge in [-0.3, -0.25) is 0 Å². The average molecular weight is 418 g/mol. The van der Waals surface area contributed by atoms with Gasteiger partial charge in [0.15, 0.2) is 0 Å². The Balaban J connectivity index is 1.86. The maximum absolute atomic E-state index is 9.87. The van der Waals surface area contributed by atoms with Crippen molar-refractivity contribution < 1.29 is 5.11 Å². The number of phenolic OH excluding ortho intramolecular Hbond substituents is 1. The molecule has 2 aromatic carbocycles. The van der Waals surface area contributed by atoms with E-state index < -0.39 is 0 Å². The SMILES string of the molecule is CSNc1ccccc1Nc1nc(Nc2ccccc2O)ncc1Br. The number of aromatic hydroxyl groups is 1. The summed E-state index contributed by atoms with van der Waals surface area (Å²) in [6, 6.07) is 14.8. The Kier molecular flexibility index (Phi) is 5.62. The summed E-state index contributed by atoms with van der Waals surface area (Å²) in [6.45, 7) is 0. The minimum Gasteiger partial charge on any atom is -0.506 e. The summed E-state index contributed by atoms with van der Waals surface area (Å²) < 4.78 is 3.96. The van der Waals surface area contributed by atoms with Crippen LogP contribution < -0.4 is 15.4 Å². The fraction of sp³-hybridized carbons (Fsp3) is 0.0588. The minimum absolute atomic E-state index is 0.137. The maximum Gasteiger partial charge on any atom is 0.229 e. The zero-order valence-corrected chi connectivity index (χ0v) is 15.7. The van der Waals surface area contributed by atoms with Gasteiger partial charge in [0.25, 0.3) is 0 Å². The summed E-state index contributed by atoms with van der Waals surface area (Å²) in [5.41, 5.74) is 2.39. The molecular weight excluding hydrogens is 402 g/mol. The monoisotopic (exact) mass is 417 g/mol. The topological polar surface area (TPSA) is 82.1 Å². The highest BCUT2D eigenvalue weighted by Gasteiger charge is 2.09. The second-order valence-corrected chi connectivity index (χ2v) is 6.48. The van der Waals surface area contributed by atoms with Crippen LogP contribution in [-0.4, -0.2) is 21.3 Å². The summed E-state index contributed by atoms with van der Waals surface area (Å²) >= 11 is 4.98. The van der Waals surface area contributed by atoms with Gasteiger partial charge in [-0.05, 0) is 40.2 Å². The predicted molar refractivity (Wildman–Crippen MR) is 108 cm³/mol. The van der Waals surface area contributed by atoms with Crippen LogP contribution in [0.3, 0.4) is 0 Å². The molecular formula is C17H16BrN5OS.